The molecule has 1 amide bonds. The Bertz CT molecular complexity index is 622. The van der Waals surface area contributed by atoms with Gasteiger partial charge in [-0.15, -0.1) is 0 Å². The third kappa shape index (κ3) is 4.07. The molecule has 8 heteroatoms. The topological polar surface area (TPSA) is 89.3 Å². The van der Waals surface area contributed by atoms with Gasteiger partial charge < -0.3 is 5.32 Å². The maximum atomic E-state index is 12.1. The molecular weight excluding hydrogens is 311 g/mol. The lowest BCUT2D eigenvalue weighted by atomic mass is 10.1. The van der Waals surface area contributed by atoms with E-state index < -0.39 is 21.5 Å². The van der Waals surface area contributed by atoms with Crippen LogP contribution in [0.4, 0.5) is 0 Å². The molecule has 0 saturated heterocycles. The van der Waals surface area contributed by atoms with Gasteiger partial charge in [0, 0.05) is 5.54 Å². The van der Waals surface area contributed by atoms with Crippen LogP contribution in [0.25, 0.3) is 0 Å². The number of primary sulfonamides is 1. The SMILES string of the molecule is CC(C)(C)NC(=O)c1c(Cl)ccc(S(N)(=O)=O)c1Cl. The third-order valence-corrected chi connectivity index (χ3v) is 3.85. The second-order valence-corrected chi connectivity index (χ2v) is 7.30. The van der Waals surface area contributed by atoms with Crippen LogP contribution in [0.1, 0.15) is 31.1 Å². The lowest BCUT2D eigenvalue weighted by molar-refractivity contribution is 0.0919. The summed E-state index contributed by atoms with van der Waals surface area (Å²) < 4.78 is 22.7. The smallest absolute Gasteiger partial charge is 0.254 e. The lowest BCUT2D eigenvalue weighted by Gasteiger charge is -2.21. The van der Waals surface area contributed by atoms with Crippen LogP contribution in [0.2, 0.25) is 10.0 Å². The first kappa shape index (κ1) is 16.2. The van der Waals surface area contributed by atoms with E-state index in [1.165, 1.54) is 6.07 Å². The van der Waals surface area contributed by atoms with Crippen molar-refractivity contribution in [3.8, 4) is 0 Å². The van der Waals surface area contributed by atoms with Crippen LogP contribution in [0.3, 0.4) is 0 Å². The van der Waals surface area contributed by atoms with Gasteiger partial charge >= 0.3 is 0 Å². The fourth-order valence-electron chi connectivity index (χ4n) is 1.36. The van der Waals surface area contributed by atoms with Crippen LogP contribution in [0.5, 0.6) is 0 Å². The van der Waals surface area contributed by atoms with E-state index in [9.17, 15) is 13.2 Å². The minimum atomic E-state index is -4.02. The van der Waals surface area contributed by atoms with Gasteiger partial charge in [0.25, 0.3) is 5.91 Å². The zero-order valence-electron chi connectivity index (χ0n) is 10.6. The van der Waals surface area contributed by atoms with Gasteiger partial charge in [-0.25, -0.2) is 13.6 Å². The van der Waals surface area contributed by atoms with E-state index in [-0.39, 0.29) is 20.5 Å². The van der Waals surface area contributed by atoms with Crippen molar-refractivity contribution in [2.75, 3.05) is 0 Å². The number of rotatable bonds is 2. The Balaban J connectivity index is 3.40. The molecule has 1 rings (SSSR count). The minimum absolute atomic E-state index is 0.0548. The predicted molar refractivity (Wildman–Crippen MR) is 75.1 cm³/mol. The summed E-state index contributed by atoms with van der Waals surface area (Å²) in [5, 5.41) is 7.44. The van der Waals surface area contributed by atoms with E-state index in [1.54, 1.807) is 20.8 Å². The number of nitrogens with two attached hydrogens (primary N) is 1. The highest BCUT2D eigenvalue weighted by Crippen LogP contribution is 2.30. The quantitative estimate of drug-likeness (QED) is 0.873. The molecule has 106 valence electrons. The summed E-state index contributed by atoms with van der Waals surface area (Å²) in [6.07, 6.45) is 0. The Hall–Kier alpha value is -0.820. The molecule has 0 bridgehead atoms. The Morgan fingerprint density at radius 3 is 2.21 bits per heavy atom. The van der Waals surface area contributed by atoms with Gasteiger partial charge in [0.2, 0.25) is 10.0 Å². The van der Waals surface area contributed by atoms with Gasteiger partial charge in [0.05, 0.1) is 15.6 Å². The van der Waals surface area contributed by atoms with Crippen molar-refractivity contribution in [3.05, 3.63) is 27.7 Å². The highest BCUT2D eigenvalue weighted by Gasteiger charge is 2.25. The van der Waals surface area contributed by atoms with Gasteiger partial charge in [0.1, 0.15) is 4.90 Å². The fraction of sp³-hybridized carbons (Fsp3) is 0.364. The van der Waals surface area contributed by atoms with Crippen LogP contribution < -0.4 is 10.5 Å². The Kier molecular flexibility index (Phi) is 4.51. The summed E-state index contributed by atoms with van der Waals surface area (Å²) in [6, 6.07) is 2.43. The predicted octanol–water partition coefficient (Wildman–Crippen LogP) is 2.17. The highest BCUT2D eigenvalue weighted by molar-refractivity contribution is 7.89. The Labute approximate surface area is 122 Å². The molecule has 0 fully saturated rings. The summed E-state index contributed by atoms with van der Waals surface area (Å²) in [5.74, 6) is -0.562. The summed E-state index contributed by atoms with van der Waals surface area (Å²) in [4.78, 5) is 11.7. The lowest BCUT2D eigenvalue weighted by Crippen LogP contribution is -2.40. The number of benzene rings is 1. The summed E-state index contributed by atoms with van der Waals surface area (Å²) >= 11 is 11.8. The summed E-state index contributed by atoms with van der Waals surface area (Å²) in [6.45, 7) is 5.32. The third-order valence-electron chi connectivity index (χ3n) is 2.08. The second kappa shape index (κ2) is 5.28. The van der Waals surface area contributed by atoms with Gasteiger partial charge in [-0.1, -0.05) is 23.2 Å². The van der Waals surface area contributed by atoms with Crippen molar-refractivity contribution >= 4 is 39.1 Å². The molecule has 0 aliphatic rings. The molecule has 0 radical (unpaired) electrons. The maximum Gasteiger partial charge on any atom is 0.254 e. The molecule has 0 heterocycles. The van der Waals surface area contributed by atoms with Gasteiger partial charge in [-0.3, -0.25) is 4.79 Å². The van der Waals surface area contributed by atoms with Crippen molar-refractivity contribution in [3.63, 3.8) is 0 Å². The van der Waals surface area contributed by atoms with Crippen LogP contribution in [-0.2, 0) is 10.0 Å². The van der Waals surface area contributed by atoms with E-state index in [1.807, 2.05) is 0 Å². The molecule has 0 saturated carbocycles. The van der Waals surface area contributed by atoms with Gasteiger partial charge in [-0.2, -0.15) is 0 Å². The number of carbonyl (C=O) groups is 1. The number of amides is 1. The van der Waals surface area contributed by atoms with Crippen molar-refractivity contribution in [1.82, 2.24) is 5.32 Å². The first-order valence-electron chi connectivity index (χ1n) is 5.27. The second-order valence-electron chi connectivity index (χ2n) is 4.98. The number of carbonyl (C=O) groups excluding carboxylic acids is 1. The molecule has 1 aromatic rings. The Morgan fingerprint density at radius 1 is 1.26 bits per heavy atom. The number of hydrogen-bond donors (Lipinski definition) is 2. The van der Waals surface area contributed by atoms with Gasteiger partial charge in [-0.05, 0) is 32.9 Å². The first-order valence-corrected chi connectivity index (χ1v) is 7.57. The zero-order valence-corrected chi connectivity index (χ0v) is 12.9. The standard InChI is InChI=1S/C11H14Cl2N2O3S/c1-11(2,3)15-10(16)8-6(12)4-5-7(9(8)13)19(14,17)18/h4-5H,1-3H3,(H,15,16)(H2,14,17,18). The number of halogens is 2. The molecular formula is C11H14Cl2N2O3S. The van der Waals surface area contributed by atoms with Crippen LogP contribution in [-0.4, -0.2) is 19.9 Å². The molecule has 0 aromatic heterocycles. The molecule has 5 nitrogen and oxygen atoms in total. The fourth-order valence-corrected chi connectivity index (χ4v) is 2.84. The molecule has 0 spiro atoms. The molecule has 0 unspecified atom stereocenters. The van der Waals surface area contributed by atoms with Crippen molar-refractivity contribution in [2.24, 2.45) is 5.14 Å². The van der Waals surface area contributed by atoms with Crippen LogP contribution in [0.15, 0.2) is 17.0 Å². The number of hydrogen-bond acceptors (Lipinski definition) is 3. The monoisotopic (exact) mass is 324 g/mol. The highest BCUT2D eigenvalue weighted by atomic mass is 35.5. The molecule has 1 aromatic carbocycles. The largest absolute Gasteiger partial charge is 0.347 e. The summed E-state index contributed by atoms with van der Waals surface area (Å²) in [5.41, 5.74) is -0.619. The van der Waals surface area contributed by atoms with Crippen molar-refractivity contribution < 1.29 is 13.2 Å². The molecule has 0 atom stereocenters. The average molecular weight is 325 g/mol. The Morgan fingerprint density at radius 2 is 1.79 bits per heavy atom. The van der Waals surface area contributed by atoms with E-state index in [2.05, 4.69) is 5.32 Å². The molecule has 3 N–H and O–H groups in total. The average Bonchev–Trinajstić information content (AvgIpc) is 2.11. The zero-order chi connectivity index (χ0) is 15.0. The first-order chi connectivity index (χ1) is 8.43. The maximum absolute atomic E-state index is 12.1. The minimum Gasteiger partial charge on any atom is -0.347 e. The molecule has 19 heavy (non-hydrogen) atoms. The van der Waals surface area contributed by atoms with E-state index in [0.29, 0.717) is 0 Å². The van der Waals surface area contributed by atoms with Crippen LogP contribution >= 0.6 is 23.2 Å². The number of nitrogens with one attached hydrogen (secondary N) is 1. The van der Waals surface area contributed by atoms with Crippen molar-refractivity contribution in [1.29, 1.82) is 0 Å². The summed E-state index contributed by atoms with van der Waals surface area (Å²) in [7, 11) is -4.02. The van der Waals surface area contributed by atoms with Crippen molar-refractivity contribution in [2.45, 2.75) is 31.2 Å². The molecule has 0 aliphatic heterocycles. The number of sulfonamides is 1. The normalized spacial score (nSPS) is 12.3. The van der Waals surface area contributed by atoms with E-state index >= 15 is 0 Å². The molecule has 0 aliphatic carbocycles. The van der Waals surface area contributed by atoms with Gasteiger partial charge in [0.15, 0.2) is 0 Å². The van der Waals surface area contributed by atoms with E-state index in [0.717, 1.165) is 6.07 Å². The van der Waals surface area contributed by atoms with Crippen LogP contribution in [0, 0.1) is 0 Å². The van der Waals surface area contributed by atoms with E-state index in [4.69, 9.17) is 28.3 Å².